The Labute approximate surface area is 272 Å². The molecule has 2 heterocycles. The summed E-state index contributed by atoms with van der Waals surface area (Å²) in [5, 5.41) is 3.10. The number of benzene rings is 7. The third kappa shape index (κ3) is 4.86. The summed E-state index contributed by atoms with van der Waals surface area (Å²) in [4.78, 5) is 10.3. The maximum atomic E-state index is 6.44. The highest BCUT2D eigenvalue weighted by molar-refractivity contribution is 6.16. The maximum absolute atomic E-state index is 6.44. The Morgan fingerprint density at radius 3 is 1.57 bits per heavy atom. The zero-order chi connectivity index (χ0) is 31.2. The lowest BCUT2D eigenvalue weighted by atomic mass is 9.95. The average molecular weight is 601 g/mol. The van der Waals surface area contributed by atoms with Crippen LogP contribution in [0.25, 0.3) is 88.9 Å². The predicted octanol–water partition coefficient (Wildman–Crippen LogP) is 11.9. The van der Waals surface area contributed by atoms with Crippen LogP contribution >= 0.6 is 0 Å². The van der Waals surface area contributed by atoms with Gasteiger partial charge in [0.25, 0.3) is 0 Å². The highest BCUT2D eigenvalue weighted by atomic mass is 16.3. The van der Waals surface area contributed by atoms with E-state index in [1.807, 2.05) is 42.5 Å². The number of furan rings is 1. The molecule has 9 rings (SSSR count). The van der Waals surface area contributed by atoms with Crippen LogP contribution in [0.1, 0.15) is 0 Å². The summed E-state index contributed by atoms with van der Waals surface area (Å²) in [5.41, 5.74) is 12.4. The lowest BCUT2D eigenvalue weighted by molar-refractivity contribution is 0.671. The molecule has 9 aromatic rings. The van der Waals surface area contributed by atoms with Crippen molar-refractivity contribution in [3.63, 3.8) is 0 Å². The summed E-state index contributed by atoms with van der Waals surface area (Å²) in [5.74, 6) is 0.674. The van der Waals surface area contributed by atoms with Gasteiger partial charge in [0.2, 0.25) is 0 Å². The minimum atomic E-state index is 0.674. The molecule has 3 heteroatoms. The van der Waals surface area contributed by atoms with Crippen molar-refractivity contribution in [2.45, 2.75) is 0 Å². The molecule has 2 aromatic heterocycles. The van der Waals surface area contributed by atoms with E-state index >= 15 is 0 Å². The number of fused-ring (bicyclic) bond motifs is 5. The second-order valence-corrected chi connectivity index (χ2v) is 11.8. The van der Waals surface area contributed by atoms with E-state index in [2.05, 4.69) is 127 Å². The topological polar surface area (TPSA) is 38.9 Å². The van der Waals surface area contributed by atoms with E-state index in [1.165, 1.54) is 22.3 Å². The minimum absolute atomic E-state index is 0.674. The quantitative estimate of drug-likeness (QED) is 0.197. The van der Waals surface area contributed by atoms with Gasteiger partial charge in [-0.25, -0.2) is 9.97 Å². The fraction of sp³-hybridized carbons (Fsp3) is 0. The first-order valence-electron chi connectivity index (χ1n) is 15.8. The van der Waals surface area contributed by atoms with Gasteiger partial charge in [-0.15, -0.1) is 0 Å². The second kappa shape index (κ2) is 11.2. The molecule has 220 valence electrons. The molecule has 0 aliphatic heterocycles. The van der Waals surface area contributed by atoms with E-state index in [-0.39, 0.29) is 0 Å². The molecule has 3 nitrogen and oxygen atoms in total. The zero-order valence-electron chi connectivity index (χ0n) is 25.5. The van der Waals surface area contributed by atoms with Gasteiger partial charge in [0, 0.05) is 27.3 Å². The monoisotopic (exact) mass is 600 g/mol. The van der Waals surface area contributed by atoms with Gasteiger partial charge >= 0.3 is 0 Å². The van der Waals surface area contributed by atoms with Crippen LogP contribution in [-0.4, -0.2) is 9.97 Å². The van der Waals surface area contributed by atoms with E-state index in [9.17, 15) is 0 Å². The van der Waals surface area contributed by atoms with Crippen molar-refractivity contribution >= 4 is 32.8 Å². The standard InChI is InChI=1S/C44H28N2O/c1-3-11-29(12-4-1)30-21-23-31(24-22-30)33-15-9-16-34(27-33)35-17-10-18-36(28-35)41-39-26-25-38-37-19-7-8-20-40(37)47-43(38)42(39)46-44(45-41)32-13-5-2-6-14-32/h1-28H. The largest absolute Gasteiger partial charge is 0.454 e. The van der Waals surface area contributed by atoms with Crippen molar-refractivity contribution in [1.29, 1.82) is 0 Å². The van der Waals surface area contributed by atoms with Crippen LogP contribution in [-0.2, 0) is 0 Å². The summed E-state index contributed by atoms with van der Waals surface area (Å²) in [6.45, 7) is 0. The molecule has 7 aromatic carbocycles. The summed E-state index contributed by atoms with van der Waals surface area (Å²) < 4.78 is 6.44. The number of hydrogen-bond acceptors (Lipinski definition) is 3. The highest BCUT2D eigenvalue weighted by Crippen LogP contribution is 2.38. The van der Waals surface area contributed by atoms with Crippen molar-refractivity contribution in [1.82, 2.24) is 9.97 Å². The summed E-state index contributed by atoms with van der Waals surface area (Å²) in [6.07, 6.45) is 0. The molecule has 0 aliphatic rings. The molecule has 0 saturated heterocycles. The van der Waals surface area contributed by atoms with E-state index in [1.54, 1.807) is 0 Å². The Bertz CT molecular complexity index is 2550. The van der Waals surface area contributed by atoms with Gasteiger partial charge in [-0.1, -0.05) is 140 Å². The van der Waals surface area contributed by atoms with Crippen LogP contribution in [0.5, 0.6) is 0 Å². The van der Waals surface area contributed by atoms with Crippen LogP contribution < -0.4 is 0 Å². The Hall–Kier alpha value is -6.32. The van der Waals surface area contributed by atoms with Crippen LogP contribution in [0.2, 0.25) is 0 Å². The molecular weight excluding hydrogens is 572 g/mol. The highest BCUT2D eigenvalue weighted by Gasteiger charge is 2.18. The lowest BCUT2D eigenvalue weighted by Gasteiger charge is -2.12. The Balaban J connectivity index is 1.16. The fourth-order valence-electron chi connectivity index (χ4n) is 6.52. The number of aromatic nitrogens is 2. The molecule has 0 bridgehead atoms. The van der Waals surface area contributed by atoms with E-state index in [0.29, 0.717) is 5.82 Å². The SMILES string of the molecule is c1ccc(-c2ccc(-c3cccc(-c4cccc(-c5nc(-c6ccccc6)nc6c5ccc5c7ccccc7oc56)c4)c3)cc2)cc1. The third-order valence-electron chi connectivity index (χ3n) is 8.90. The number of hydrogen-bond donors (Lipinski definition) is 0. The lowest BCUT2D eigenvalue weighted by Crippen LogP contribution is -1.96. The summed E-state index contributed by atoms with van der Waals surface area (Å²) in [6, 6.07) is 59.3. The third-order valence-corrected chi connectivity index (χ3v) is 8.90. The number of para-hydroxylation sites is 1. The maximum Gasteiger partial charge on any atom is 0.161 e. The van der Waals surface area contributed by atoms with E-state index < -0.39 is 0 Å². The van der Waals surface area contributed by atoms with Gasteiger partial charge in [0.1, 0.15) is 11.1 Å². The van der Waals surface area contributed by atoms with E-state index in [4.69, 9.17) is 14.4 Å². The average Bonchev–Trinajstić information content (AvgIpc) is 3.55. The molecule has 0 radical (unpaired) electrons. The minimum Gasteiger partial charge on any atom is -0.454 e. The molecule has 0 N–H and O–H groups in total. The van der Waals surface area contributed by atoms with Crippen LogP contribution in [0, 0.1) is 0 Å². The van der Waals surface area contributed by atoms with Gasteiger partial charge < -0.3 is 4.42 Å². The molecule has 0 aliphatic carbocycles. The number of nitrogens with zero attached hydrogens (tertiary/aromatic N) is 2. The molecule has 0 atom stereocenters. The normalized spacial score (nSPS) is 11.4. The molecule has 0 saturated carbocycles. The van der Waals surface area contributed by atoms with Gasteiger partial charge in [-0.05, 0) is 63.7 Å². The zero-order valence-corrected chi connectivity index (χ0v) is 25.5. The Morgan fingerprint density at radius 2 is 0.851 bits per heavy atom. The first-order chi connectivity index (χ1) is 23.3. The van der Waals surface area contributed by atoms with Crippen LogP contribution in [0.4, 0.5) is 0 Å². The van der Waals surface area contributed by atoms with Crippen molar-refractivity contribution in [3.8, 4) is 56.0 Å². The van der Waals surface area contributed by atoms with Crippen molar-refractivity contribution in [2.75, 3.05) is 0 Å². The molecular formula is C44H28N2O. The van der Waals surface area contributed by atoms with Gasteiger partial charge in [0.05, 0.1) is 5.69 Å². The van der Waals surface area contributed by atoms with Crippen LogP contribution in [0.3, 0.4) is 0 Å². The van der Waals surface area contributed by atoms with Crippen molar-refractivity contribution in [3.05, 3.63) is 170 Å². The summed E-state index contributed by atoms with van der Waals surface area (Å²) >= 11 is 0. The Morgan fingerprint density at radius 1 is 0.340 bits per heavy atom. The van der Waals surface area contributed by atoms with Gasteiger partial charge in [-0.2, -0.15) is 0 Å². The van der Waals surface area contributed by atoms with E-state index in [0.717, 1.165) is 60.8 Å². The fourth-order valence-corrected chi connectivity index (χ4v) is 6.52. The predicted molar refractivity (Wildman–Crippen MR) is 194 cm³/mol. The summed E-state index contributed by atoms with van der Waals surface area (Å²) in [7, 11) is 0. The van der Waals surface area contributed by atoms with Gasteiger partial charge in [-0.3, -0.25) is 0 Å². The first kappa shape index (κ1) is 27.0. The molecule has 0 fully saturated rings. The number of rotatable bonds is 5. The van der Waals surface area contributed by atoms with Crippen LogP contribution in [0.15, 0.2) is 174 Å². The smallest absolute Gasteiger partial charge is 0.161 e. The second-order valence-electron chi connectivity index (χ2n) is 11.8. The van der Waals surface area contributed by atoms with Gasteiger partial charge in [0.15, 0.2) is 11.4 Å². The molecule has 0 unspecified atom stereocenters. The first-order valence-corrected chi connectivity index (χ1v) is 15.8. The molecule has 0 amide bonds. The molecule has 47 heavy (non-hydrogen) atoms. The van der Waals surface area contributed by atoms with Crippen molar-refractivity contribution < 1.29 is 4.42 Å². The van der Waals surface area contributed by atoms with Crippen molar-refractivity contribution in [2.24, 2.45) is 0 Å². The molecule has 0 spiro atoms. The Kier molecular flexibility index (Phi) is 6.46.